The van der Waals surface area contributed by atoms with Gasteiger partial charge in [0.1, 0.15) is 5.82 Å². The van der Waals surface area contributed by atoms with Crippen molar-refractivity contribution in [1.29, 1.82) is 0 Å². The number of hydrogen-bond acceptors (Lipinski definition) is 6. The van der Waals surface area contributed by atoms with Gasteiger partial charge in [0.2, 0.25) is 0 Å². The number of nitrogens with one attached hydrogen (secondary N) is 2. The van der Waals surface area contributed by atoms with Gasteiger partial charge < -0.3 is 15.3 Å². The maximum Gasteiger partial charge on any atom is 0.490 e. The number of alkyl halides is 3. The summed E-state index contributed by atoms with van der Waals surface area (Å²) in [6, 6.07) is 0.523. The third kappa shape index (κ3) is 6.41. The van der Waals surface area contributed by atoms with Crippen LogP contribution < -0.4 is 10.2 Å². The van der Waals surface area contributed by atoms with Crippen LogP contribution in [0.1, 0.15) is 31.9 Å². The van der Waals surface area contributed by atoms with Gasteiger partial charge in [-0.2, -0.15) is 18.3 Å². The second kappa shape index (κ2) is 10.2. The average Bonchev–Trinajstić information content (AvgIpc) is 3.01. The van der Waals surface area contributed by atoms with E-state index in [1.165, 1.54) is 12.8 Å². The molecule has 0 saturated carbocycles. The normalized spacial score (nSPS) is 17.1. The molecule has 1 saturated heterocycles. The van der Waals surface area contributed by atoms with Crippen LogP contribution in [0.4, 0.5) is 19.0 Å². The summed E-state index contributed by atoms with van der Waals surface area (Å²) in [7, 11) is 2.12. The lowest BCUT2D eigenvalue weighted by atomic mass is 10.1. The van der Waals surface area contributed by atoms with Gasteiger partial charge in [-0.3, -0.25) is 10.1 Å². The van der Waals surface area contributed by atoms with Crippen LogP contribution in [-0.2, 0) is 11.2 Å². The molecule has 1 fully saturated rings. The maximum absolute atomic E-state index is 10.6. The molecule has 3 heterocycles. The highest BCUT2D eigenvalue weighted by Gasteiger charge is 2.38. The zero-order valence-corrected chi connectivity index (χ0v) is 16.3. The van der Waals surface area contributed by atoms with E-state index in [1.54, 1.807) is 0 Å². The lowest BCUT2D eigenvalue weighted by molar-refractivity contribution is -0.192. The van der Waals surface area contributed by atoms with Gasteiger partial charge in [-0.25, -0.2) is 9.78 Å². The lowest BCUT2D eigenvalue weighted by Crippen LogP contribution is -2.33. The summed E-state index contributed by atoms with van der Waals surface area (Å²) in [4.78, 5) is 20.4. The van der Waals surface area contributed by atoms with Crippen molar-refractivity contribution in [3.8, 4) is 11.3 Å². The summed E-state index contributed by atoms with van der Waals surface area (Å²) >= 11 is 0. The summed E-state index contributed by atoms with van der Waals surface area (Å²) in [6.07, 6.45) is 4.89. The molecule has 1 aliphatic rings. The summed E-state index contributed by atoms with van der Waals surface area (Å²) in [6.45, 7) is 4.30. The van der Waals surface area contributed by atoms with Crippen LogP contribution >= 0.6 is 0 Å². The first-order valence-corrected chi connectivity index (χ1v) is 9.32. The molecule has 160 valence electrons. The predicted octanol–water partition coefficient (Wildman–Crippen LogP) is 2.64. The van der Waals surface area contributed by atoms with Gasteiger partial charge in [0.25, 0.3) is 0 Å². The van der Waals surface area contributed by atoms with Crippen LogP contribution in [-0.4, -0.2) is 63.6 Å². The second-order valence-electron chi connectivity index (χ2n) is 6.63. The first-order valence-electron chi connectivity index (χ1n) is 9.32. The maximum atomic E-state index is 10.6. The number of aromatic nitrogens is 4. The van der Waals surface area contributed by atoms with Crippen LogP contribution in [0.25, 0.3) is 11.3 Å². The molecule has 0 radical (unpaired) electrons. The highest BCUT2D eigenvalue weighted by molar-refractivity contribution is 5.73. The molecule has 3 rings (SSSR count). The van der Waals surface area contributed by atoms with Crippen molar-refractivity contribution in [3.63, 3.8) is 0 Å². The minimum absolute atomic E-state index is 0.523. The van der Waals surface area contributed by atoms with E-state index >= 15 is 0 Å². The minimum atomic E-state index is -5.08. The quantitative estimate of drug-likeness (QED) is 0.706. The Labute approximate surface area is 166 Å². The number of nitrogens with zero attached hydrogens (tertiary/aromatic N) is 4. The monoisotopic (exact) mass is 414 g/mol. The number of halogens is 3. The van der Waals surface area contributed by atoms with Gasteiger partial charge in [0.05, 0.1) is 24.3 Å². The van der Waals surface area contributed by atoms with Crippen LogP contribution in [0.2, 0.25) is 0 Å². The number of aromatic amines is 1. The molecule has 11 heteroatoms. The molecular formula is C18H25F3N6O2. The number of aryl methyl sites for hydroxylation is 1. The van der Waals surface area contributed by atoms with E-state index in [0.29, 0.717) is 6.04 Å². The van der Waals surface area contributed by atoms with E-state index in [0.717, 1.165) is 48.7 Å². The highest BCUT2D eigenvalue weighted by Crippen LogP contribution is 2.24. The fourth-order valence-electron chi connectivity index (χ4n) is 3.03. The van der Waals surface area contributed by atoms with Crippen molar-refractivity contribution >= 4 is 11.8 Å². The summed E-state index contributed by atoms with van der Waals surface area (Å²) in [5, 5.41) is 17.7. The molecule has 2 aromatic heterocycles. The van der Waals surface area contributed by atoms with Crippen molar-refractivity contribution in [2.75, 3.05) is 25.0 Å². The van der Waals surface area contributed by atoms with E-state index < -0.39 is 12.1 Å². The second-order valence-corrected chi connectivity index (χ2v) is 6.63. The van der Waals surface area contributed by atoms with Gasteiger partial charge in [-0.15, -0.1) is 0 Å². The Kier molecular flexibility index (Phi) is 7.94. The first-order chi connectivity index (χ1) is 13.7. The van der Waals surface area contributed by atoms with Gasteiger partial charge >= 0.3 is 12.1 Å². The number of hydrogen-bond donors (Lipinski definition) is 3. The lowest BCUT2D eigenvalue weighted by Gasteiger charge is -2.28. The van der Waals surface area contributed by atoms with Crippen molar-refractivity contribution in [2.45, 2.75) is 44.8 Å². The Balaban J connectivity index is 0.000000370. The molecule has 0 spiro atoms. The number of carboxylic acid groups (broad SMARTS) is 1. The fraction of sp³-hybridized carbons (Fsp3) is 0.556. The molecule has 1 aliphatic heterocycles. The zero-order valence-electron chi connectivity index (χ0n) is 16.3. The predicted molar refractivity (Wildman–Crippen MR) is 102 cm³/mol. The number of rotatable bonds is 4. The van der Waals surface area contributed by atoms with E-state index in [1.807, 2.05) is 18.6 Å². The Bertz CT molecular complexity index is 788. The Morgan fingerprint density at radius 3 is 2.66 bits per heavy atom. The number of H-pyrrole nitrogens is 1. The van der Waals surface area contributed by atoms with E-state index in [-0.39, 0.29) is 0 Å². The Morgan fingerprint density at radius 1 is 1.28 bits per heavy atom. The van der Waals surface area contributed by atoms with E-state index in [2.05, 4.69) is 39.4 Å². The topological polar surface area (TPSA) is 107 Å². The molecule has 0 amide bonds. The molecule has 0 bridgehead atoms. The van der Waals surface area contributed by atoms with E-state index in [9.17, 15) is 13.2 Å². The fourth-order valence-corrected chi connectivity index (χ4v) is 3.03. The molecule has 0 aliphatic carbocycles. The number of aliphatic carboxylic acids is 1. The Morgan fingerprint density at radius 2 is 2.00 bits per heavy atom. The van der Waals surface area contributed by atoms with Crippen LogP contribution in [0.3, 0.4) is 0 Å². The zero-order chi connectivity index (χ0) is 21.4. The number of anilines is 1. The minimum Gasteiger partial charge on any atom is -0.475 e. The smallest absolute Gasteiger partial charge is 0.475 e. The molecule has 3 N–H and O–H groups in total. The van der Waals surface area contributed by atoms with Crippen molar-refractivity contribution < 1.29 is 23.1 Å². The molecule has 8 nitrogen and oxygen atoms in total. The van der Waals surface area contributed by atoms with Crippen LogP contribution in [0, 0.1) is 0 Å². The highest BCUT2D eigenvalue weighted by atomic mass is 19.4. The third-order valence-corrected chi connectivity index (χ3v) is 4.67. The van der Waals surface area contributed by atoms with Crippen LogP contribution in [0.15, 0.2) is 18.6 Å². The Hall–Kier alpha value is -2.69. The van der Waals surface area contributed by atoms with Gasteiger partial charge in [0, 0.05) is 24.3 Å². The van der Waals surface area contributed by atoms with Crippen molar-refractivity contribution in [3.05, 3.63) is 24.3 Å². The SMILES string of the molecule is CCc1[nH]ncc1-c1cncc(N(C)C2CCCNCC2)n1.O=C(O)C(F)(F)F. The van der Waals surface area contributed by atoms with Crippen molar-refractivity contribution in [2.24, 2.45) is 0 Å². The summed E-state index contributed by atoms with van der Waals surface area (Å²) in [5.74, 6) is -1.82. The van der Waals surface area contributed by atoms with E-state index in [4.69, 9.17) is 14.9 Å². The molecule has 2 aromatic rings. The standard InChI is InChI=1S/C16H24N6.C2HF3O2/c1-3-14-13(9-19-21-14)15-10-18-11-16(20-15)22(2)12-5-4-7-17-8-6-12;3-2(4,5)1(6)7/h9-12,17H,3-8H2,1-2H3,(H,19,21);(H,6,7). The van der Waals surface area contributed by atoms with Gasteiger partial charge in [0.15, 0.2) is 0 Å². The number of carboxylic acids is 1. The molecule has 29 heavy (non-hydrogen) atoms. The average molecular weight is 414 g/mol. The van der Waals surface area contributed by atoms with Gasteiger partial charge in [-0.1, -0.05) is 6.92 Å². The molecule has 1 unspecified atom stereocenters. The first kappa shape index (κ1) is 22.6. The van der Waals surface area contributed by atoms with Gasteiger partial charge in [-0.05, 0) is 38.8 Å². The van der Waals surface area contributed by atoms with Crippen molar-refractivity contribution in [1.82, 2.24) is 25.5 Å². The largest absolute Gasteiger partial charge is 0.490 e. The molecule has 1 atom stereocenters. The number of carbonyl (C=O) groups is 1. The van der Waals surface area contributed by atoms with Crippen LogP contribution in [0.5, 0.6) is 0 Å². The molecule has 0 aromatic carbocycles. The summed E-state index contributed by atoms with van der Waals surface area (Å²) in [5.41, 5.74) is 3.04. The summed E-state index contributed by atoms with van der Waals surface area (Å²) < 4.78 is 31.7. The third-order valence-electron chi connectivity index (χ3n) is 4.67. The molecular weight excluding hydrogens is 389 g/mol.